The third-order valence-electron chi connectivity index (χ3n) is 6.03. The molecule has 1 fully saturated rings. The third kappa shape index (κ3) is 2.53. The zero-order valence-corrected chi connectivity index (χ0v) is 13.7. The van der Waals surface area contributed by atoms with E-state index in [0.717, 1.165) is 24.0 Å². The molecule has 2 N–H and O–H groups in total. The number of aromatic hydroxyl groups is 1. The molecule has 1 unspecified atom stereocenters. The topological polar surface area (TPSA) is 40.5 Å². The van der Waals surface area contributed by atoms with Crippen LogP contribution in [0.2, 0.25) is 0 Å². The van der Waals surface area contributed by atoms with Gasteiger partial charge in [-0.1, -0.05) is 31.1 Å². The van der Waals surface area contributed by atoms with Crippen molar-refractivity contribution in [2.45, 2.75) is 51.4 Å². The van der Waals surface area contributed by atoms with Gasteiger partial charge in [0.15, 0.2) is 0 Å². The molecule has 23 heavy (non-hydrogen) atoms. The summed E-state index contributed by atoms with van der Waals surface area (Å²) in [4.78, 5) is 0. The largest absolute Gasteiger partial charge is 0.507 e. The summed E-state index contributed by atoms with van der Waals surface area (Å²) >= 11 is 0. The number of hydrogen-bond donors (Lipinski definition) is 2. The average molecular weight is 310 g/mol. The Bertz CT molecular complexity index is 669. The summed E-state index contributed by atoms with van der Waals surface area (Å²) in [5.74, 6) is 1.45. The van der Waals surface area contributed by atoms with Crippen LogP contribution in [0.4, 0.5) is 0 Å². The number of allylic oxidation sites excluding steroid dienone is 2. The molecule has 2 atom stereocenters. The Morgan fingerprint density at radius 1 is 1.00 bits per heavy atom. The number of aliphatic hydroxyl groups excluding tert-OH is 1. The summed E-state index contributed by atoms with van der Waals surface area (Å²) < 4.78 is 0. The van der Waals surface area contributed by atoms with E-state index in [1.807, 2.05) is 6.07 Å². The van der Waals surface area contributed by atoms with E-state index in [0.29, 0.717) is 17.6 Å². The maximum Gasteiger partial charge on any atom is 0.123 e. The fourth-order valence-corrected chi connectivity index (χ4v) is 4.92. The zero-order chi connectivity index (χ0) is 15.8. The molecular formula is C21H26O2. The smallest absolute Gasteiger partial charge is 0.123 e. The van der Waals surface area contributed by atoms with Crippen LogP contribution in [-0.2, 0) is 12.8 Å². The van der Waals surface area contributed by atoms with Crippen LogP contribution in [0.5, 0.6) is 5.75 Å². The predicted octanol–water partition coefficient (Wildman–Crippen LogP) is 4.39. The number of rotatable bonds is 2. The van der Waals surface area contributed by atoms with Gasteiger partial charge in [-0.3, -0.25) is 0 Å². The SMILES string of the molecule is OCC1=C(c2c(O)ccc3c2CCCC3)C2CCCC[C@H]2C=C1. The number of phenolic OH excluding ortho intramolecular Hbond substituents is 1. The summed E-state index contributed by atoms with van der Waals surface area (Å²) in [5, 5.41) is 20.6. The highest BCUT2D eigenvalue weighted by molar-refractivity contribution is 5.80. The minimum absolute atomic E-state index is 0.0676. The van der Waals surface area contributed by atoms with Crippen LogP contribution < -0.4 is 0 Å². The van der Waals surface area contributed by atoms with Gasteiger partial charge in [-0.25, -0.2) is 0 Å². The number of benzene rings is 1. The standard InChI is InChI=1S/C21H26O2/c22-13-16-10-9-14-5-1-3-7-17(14)20(16)21-18-8-4-2-6-15(18)11-12-19(21)23/h9-12,14,17,22-23H,1-8,13H2/t14-,17?/m0/s1. The van der Waals surface area contributed by atoms with Gasteiger partial charge in [0.1, 0.15) is 5.75 Å². The summed E-state index contributed by atoms with van der Waals surface area (Å²) in [7, 11) is 0. The van der Waals surface area contributed by atoms with Crippen LogP contribution >= 0.6 is 0 Å². The molecule has 1 aromatic rings. The number of aliphatic hydroxyl groups is 1. The lowest BCUT2D eigenvalue weighted by Crippen LogP contribution is -2.24. The van der Waals surface area contributed by atoms with Gasteiger partial charge in [0.25, 0.3) is 0 Å². The number of phenols is 1. The fourth-order valence-electron chi connectivity index (χ4n) is 4.92. The molecule has 1 saturated carbocycles. The van der Waals surface area contributed by atoms with Crippen LogP contribution in [-0.4, -0.2) is 16.8 Å². The Labute approximate surface area is 138 Å². The van der Waals surface area contributed by atoms with Gasteiger partial charge in [-0.05, 0) is 78.7 Å². The van der Waals surface area contributed by atoms with E-state index >= 15 is 0 Å². The van der Waals surface area contributed by atoms with Gasteiger partial charge in [0, 0.05) is 5.56 Å². The Morgan fingerprint density at radius 3 is 2.70 bits per heavy atom. The lowest BCUT2D eigenvalue weighted by Gasteiger charge is -2.37. The molecule has 122 valence electrons. The molecule has 3 aliphatic rings. The second-order valence-electron chi connectivity index (χ2n) is 7.32. The molecule has 4 rings (SSSR count). The van der Waals surface area contributed by atoms with E-state index in [9.17, 15) is 10.2 Å². The van der Waals surface area contributed by atoms with Gasteiger partial charge < -0.3 is 10.2 Å². The van der Waals surface area contributed by atoms with E-state index in [4.69, 9.17) is 0 Å². The van der Waals surface area contributed by atoms with Gasteiger partial charge in [-0.2, -0.15) is 0 Å². The minimum Gasteiger partial charge on any atom is -0.507 e. The van der Waals surface area contributed by atoms with Crippen molar-refractivity contribution in [1.82, 2.24) is 0 Å². The van der Waals surface area contributed by atoms with Gasteiger partial charge in [-0.15, -0.1) is 0 Å². The van der Waals surface area contributed by atoms with Gasteiger partial charge in [0.05, 0.1) is 6.61 Å². The van der Waals surface area contributed by atoms with Crippen LogP contribution in [0.25, 0.3) is 5.57 Å². The maximum absolute atomic E-state index is 10.7. The lowest BCUT2D eigenvalue weighted by atomic mass is 9.68. The molecule has 0 bridgehead atoms. The van der Waals surface area contributed by atoms with E-state index < -0.39 is 0 Å². The molecule has 3 aliphatic carbocycles. The second kappa shape index (κ2) is 6.16. The molecule has 0 radical (unpaired) electrons. The van der Waals surface area contributed by atoms with Crippen molar-refractivity contribution in [2.24, 2.45) is 11.8 Å². The van der Waals surface area contributed by atoms with E-state index in [1.54, 1.807) is 0 Å². The first-order chi connectivity index (χ1) is 11.3. The van der Waals surface area contributed by atoms with Crippen molar-refractivity contribution in [2.75, 3.05) is 6.61 Å². The minimum atomic E-state index is 0.0676. The first kappa shape index (κ1) is 15.0. The molecular weight excluding hydrogens is 284 g/mol. The highest BCUT2D eigenvalue weighted by atomic mass is 16.3. The maximum atomic E-state index is 10.7. The van der Waals surface area contributed by atoms with Crippen molar-refractivity contribution in [1.29, 1.82) is 0 Å². The summed E-state index contributed by atoms with van der Waals surface area (Å²) in [6.07, 6.45) is 14.0. The zero-order valence-electron chi connectivity index (χ0n) is 13.7. The molecule has 0 saturated heterocycles. The first-order valence-electron chi connectivity index (χ1n) is 9.16. The Balaban J connectivity index is 1.90. The Kier molecular flexibility index (Phi) is 4.02. The molecule has 0 heterocycles. The molecule has 0 aromatic heterocycles. The van der Waals surface area contributed by atoms with E-state index in [2.05, 4.69) is 18.2 Å². The Morgan fingerprint density at radius 2 is 1.83 bits per heavy atom. The monoisotopic (exact) mass is 310 g/mol. The number of hydrogen-bond acceptors (Lipinski definition) is 2. The molecule has 2 nitrogen and oxygen atoms in total. The number of aryl methyl sites for hydroxylation is 1. The van der Waals surface area contributed by atoms with Crippen LogP contribution in [0.3, 0.4) is 0 Å². The van der Waals surface area contributed by atoms with E-state index in [1.165, 1.54) is 55.2 Å². The van der Waals surface area contributed by atoms with Crippen molar-refractivity contribution in [3.8, 4) is 5.75 Å². The quantitative estimate of drug-likeness (QED) is 0.850. The Hall–Kier alpha value is -1.54. The first-order valence-corrected chi connectivity index (χ1v) is 9.16. The van der Waals surface area contributed by atoms with Gasteiger partial charge in [0.2, 0.25) is 0 Å². The molecule has 0 spiro atoms. The van der Waals surface area contributed by atoms with Crippen LogP contribution in [0, 0.1) is 11.8 Å². The summed E-state index contributed by atoms with van der Waals surface area (Å²) in [6, 6.07) is 3.97. The van der Waals surface area contributed by atoms with Crippen molar-refractivity contribution < 1.29 is 10.2 Å². The third-order valence-corrected chi connectivity index (χ3v) is 6.03. The number of fused-ring (bicyclic) bond motifs is 2. The van der Waals surface area contributed by atoms with Crippen LogP contribution in [0.15, 0.2) is 29.9 Å². The highest BCUT2D eigenvalue weighted by Gasteiger charge is 2.34. The summed E-state index contributed by atoms with van der Waals surface area (Å²) in [5.41, 5.74) is 6.07. The predicted molar refractivity (Wildman–Crippen MR) is 93.3 cm³/mol. The van der Waals surface area contributed by atoms with Crippen LogP contribution in [0.1, 0.15) is 55.2 Å². The van der Waals surface area contributed by atoms with Crippen molar-refractivity contribution >= 4 is 5.57 Å². The molecule has 0 aliphatic heterocycles. The highest BCUT2D eigenvalue weighted by Crippen LogP contribution is 2.48. The van der Waals surface area contributed by atoms with Crippen molar-refractivity contribution in [3.05, 3.63) is 46.5 Å². The van der Waals surface area contributed by atoms with Crippen molar-refractivity contribution in [3.63, 3.8) is 0 Å². The molecule has 1 aromatic carbocycles. The average Bonchev–Trinajstić information content (AvgIpc) is 2.61. The molecule has 0 amide bonds. The molecule has 2 heteroatoms. The second-order valence-corrected chi connectivity index (χ2v) is 7.32. The lowest BCUT2D eigenvalue weighted by molar-refractivity contribution is 0.318. The van der Waals surface area contributed by atoms with E-state index in [-0.39, 0.29) is 6.61 Å². The fraction of sp³-hybridized carbons (Fsp3) is 0.524. The normalized spacial score (nSPS) is 26.8. The van der Waals surface area contributed by atoms with Gasteiger partial charge >= 0.3 is 0 Å². The summed E-state index contributed by atoms with van der Waals surface area (Å²) in [6.45, 7) is 0.0676.